The van der Waals surface area contributed by atoms with E-state index < -0.39 is 17.9 Å². The molecule has 5 N–H and O–H groups in total. The van der Waals surface area contributed by atoms with Crippen LogP contribution < -0.4 is 40.4 Å². The standard InChI is InChI=1S/C45H48N8O7/c1-6-37-36(25-40(44(50-37)60-5)51-45(57)53-17-15-52(16-18-53)31-22-32(58-3)24-33(23-31)59-4)43(56)46-27(2)42(55)48-30-20-28(26-54)19-29(21-30)47-41-34-11-7-9-13-38(34)49-39-14-10-8-12-35(39)41/h7-14,19-25,27,54H,6,15-18,26H2,1-5H3,(H,46,56)(H,47,49)(H,48,55)(H,51,57). The Morgan fingerprint density at radius 3 is 2.00 bits per heavy atom. The monoisotopic (exact) mass is 812 g/mol. The van der Waals surface area contributed by atoms with Gasteiger partial charge in [0.2, 0.25) is 11.8 Å². The van der Waals surface area contributed by atoms with Gasteiger partial charge < -0.3 is 50.4 Å². The van der Waals surface area contributed by atoms with E-state index in [1.807, 2.05) is 79.7 Å². The second-order valence-corrected chi connectivity index (χ2v) is 14.3. The molecular formula is C45H48N8O7. The van der Waals surface area contributed by atoms with Crippen molar-refractivity contribution in [2.24, 2.45) is 0 Å². The number of methoxy groups -OCH3 is 3. The van der Waals surface area contributed by atoms with Crippen LogP contribution in [0.25, 0.3) is 21.8 Å². The lowest BCUT2D eigenvalue weighted by molar-refractivity contribution is -0.117. The van der Waals surface area contributed by atoms with Crippen molar-refractivity contribution in [1.82, 2.24) is 20.2 Å². The molecule has 7 rings (SSSR count). The third-order valence-corrected chi connectivity index (χ3v) is 10.4. The number of amides is 4. The zero-order valence-electron chi connectivity index (χ0n) is 34.2. The van der Waals surface area contributed by atoms with E-state index in [1.54, 1.807) is 38.2 Å². The first-order chi connectivity index (χ1) is 29.1. The molecule has 1 aliphatic rings. The molecule has 0 aliphatic carbocycles. The molecule has 0 saturated carbocycles. The molecule has 2 aromatic heterocycles. The summed E-state index contributed by atoms with van der Waals surface area (Å²) >= 11 is 0. The Balaban J connectivity index is 1.03. The maximum absolute atomic E-state index is 13.8. The number of carbonyl (C=O) groups is 3. The number of benzene rings is 4. The van der Waals surface area contributed by atoms with E-state index >= 15 is 0 Å². The van der Waals surface area contributed by atoms with Gasteiger partial charge in [0.25, 0.3) is 5.91 Å². The number of hydrogen-bond donors (Lipinski definition) is 5. The van der Waals surface area contributed by atoms with E-state index in [4.69, 9.17) is 19.2 Å². The zero-order valence-corrected chi connectivity index (χ0v) is 34.2. The number of urea groups is 1. The number of nitrogens with zero attached hydrogens (tertiary/aromatic N) is 4. The van der Waals surface area contributed by atoms with Gasteiger partial charge in [-0.15, -0.1) is 0 Å². The summed E-state index contributed by atoms with van der Waals surface area (Å²) in [5.74, 6) is 0.475. The molecule has 1 atom stereocenters. The first-order valence-electron chi connectivity index (χ1n) is 19.6. The van der Waals surface area contributed by atoms with E-state index in [-0.39, 0.29) is 29.8 Å². The lowest BCUT2D eigenvalue weighted by Gasteiger charge is -2.36. The smallest absolute Gasteiger partial charge is 0.322 e. The van der Waals surface area contributed by atoms with Crippen molar-refractivity contribution in [1.29, 1.82) is 0 Å². The highest BCUT2D eigenvalue weighted by Gasteiger charge is 2.26. The van der Waals surface area contributed by atoms with Crippen molar-refractivity contribution in [3.8, 4) is 17.4 Å². The van der Waals surface area contributed by atoms with Crippen molar-refractivity contribution in [2.45, 2.75) is 32.9 Å². The summed E-state index contributed by atoms with van der Waals surface area (Å²) in [4.78, 5) is 54.1. The Morgan fingerprint density at radius 1 is 0.767 bits per heavy atom. The second-order valence-electron chi connectivity index (χ2n) is 14.3. The molecule has 0 radical (unpaired) electrons. The molecule has 60 heavy (non-hydrogen) atoms. The summed E-state index contributed by atoms with van der Waals surface area (Å²) < 4.78 is 16.4. The molecule has 1 aliphatic heterocycles. The van der Waals surface area contributed by atoms with Crippen molar-refractivity contribution in [3.63, 3.8) is 0 Å². The van der Waals surface area contributed by atoms with E-state index in [0.29, 0.717) is 66.7 Å². The van der Waals surface area contributed by atoms with Crippen molar-refractivity contribution < 1.29 is 33.7 Å². The minimum atomic E-state index is -0.981. The van der Waals surface area contributed by atoms with Crippen LogP contribution in [0.4, 0.5) is 33.2 Å². The fourth-order valence-electron chi connectivity index (χ4n) is 7.22. The zero-order chi connectivity index (χ0) is 42.3. The lowest BCUT2D eigenvalue weighted by atomic mass is 10.1. The van der Waals surface area contributed by atoms with E-state index in [2.05, 4.69) is 31.2 Å². The number of aryl methyl sites for hydroxylation is 1. The van der Waals surface area contributed by atoms with Crippen LogP contribution in [-0.4, -0.2) is 91.4 Å². The van der Waals surface area contributed by atoms with Gasteiger partial charge in [-0.1, -0.05) is 43.3 Å². The largest absolute Gasteiger partial charge is 0.497 e. The Bertz CT molecular complexity index is 2480. The van der Waals surface area contributed by atoms with Crippen molar-refractivity contribution in [2.75, 3.05) is 68.4 Å². The molecule has 4 amide bonds. The molecule has 3 heterocycles. The highest BCUT2D eigenvalue weighted by molar-refractivity contribution is 6.09. The Labute approximate surface area is 347 Å². The molecule has 6 aromatic rings. The predicted molar refractivity (Wildman–Crippen MR) is 233 cm³/mol. The van der Waals surface area contributed by atoms with Gasteiger partial charge in [0, 0.05) is 72.2 Å². The van der Waals surface area contributed by atoms with Gasteiger partial charge in [0.1, 0.15) is 23.2 Å². The number of aromatic nitrogens is 2. The molecule has 1 saturated heterocycles. The summed E-state index contributed by atoms with van der Waals surface area (Å²) in [6.07, 6.45) is 0.386. The number of para-hydroxylation sites is 2. The van der Waals surface area contributed by atoms with E-state index in [1.165, 1.54) is 13.2 Å². The van der Waals surface area contributed by atoms with E-state index in [0.717, 1.165) is 33.2 Å². The highest BCUT2D eigenvalue weighted by atomic mass is 16.5. The molecule has 0 spiro atoms. The quantitative estimate of drug-likeness (QED) is 0.0782. The number of pyridine rings is 2. The number of nitrogens with one attached hydrogen (secondary N) is 4. The third-order valence-electron chi connectivity index (χ3n) is 10.4. The number of piperazine rings is 1. The number of ether oxygens (including phenoxy) is 3. The number of carbonyl (C=O) groups excluding carboxylic acids is 3. The minimum absolute atomic E-state index is 0.158. The molecule has 0 bridgehead atoms. The summed E-state index contributed by atoms with van der Waals surface area (Å²) in [5, 5.41) is 24.0. The average Bonchev–Trinajstić information content (AvgIpc) is 3.28. The molecule has 4 aromatic carbocycles. The first kappa shape index (κ1) is 41.0. The number of anilines is 5. The van der Waals surface area contributed by atoms with Crippen LogP contribution in [0.15, 0.2) is 91.0 Å². The van der Waals surface area contributed by atoms with E-state index in [9.17, 15) is 19.5 Å². The topological polar surface area (TPSA) is 180 Å². The van der Waals surface area contributed by atoms with Gasteiger partial charge in [0.05, 0.1) is 55.9 Å². The SMILES string of the molecule is CCc1nc(OC)c(NC(=O)N2CCN(c3cc(OC)cc(OC)c3)CC2)cc1C(=O)NC(C)C(=O)Nc1cc(CO)cc(Nc2c3ccccc3nc3ccccc23)c1. The minimum Gasteiger partial charge on any atom is -0.497 e. The second kappa shape index (κ2) is 18.2. The summed E-state index contributed by atoms with van der Waals surface area (Å²) in [5.41, 5.74) is 5.89. The van der Waals surface area contributed by atoms with Crippen LogP contribution in [0.2, 0.25) is 0 Å². The maximum atomic E-state index is 13.8. The summed E-state index contributed by atoms with van der Waals surface area (Å²) in [7, 11) is 4.65. The number of rotatable bonds is 13. The van der Waals surface area contributed by atoms with Gasteiger partial charge in [-0.3, -0.25) is 9.59 Å². The third kappa shape index (κ3) is 8.95. The summed E-state index contributed by atoms with van der Waals surface area (Å²) in [6.45, 7) is 5.17. The molecule has 15 heteroatoms. The fourth-order valence-corrected chi connectivity index (χ4v) is 7.22. The molecule has 310 valence electrons. The lowest BCUT2D eigenvalue weighted by Crippen LogP contribution is -2.50. The van der Waals surface area contributed by atoms with Crippen LogP contribution in [0.3, 0.4) is 0 Å². The Morgan fingerprint density at radius 2 is 1.40 bits per heavy atom. The van der Waals surface area contributed by atoms with Crippen LogP contribution in [0.1, 0.15) is 35.5 Å². The Kier molecular flexibility index (Phi) is 12.5. The number of aliphatic hydroxyl groups excluding tert-OH is 1. The van der Waals surface area contributed by atoms with Crippen LogP contribution in [0.5, 0.6) is 17.4 Å². The van der Waals surface area contributed by atoms with Crippen LogP contribution in [0, 0.1) is 0 Å². The van der Waals surface area contributed by atoms with Crippen LogP contribution >= 0.6 is 0 Å². The predicted octanol–water partition coefficient (Wildman–Crippen LogP) is 6.72. The van der Waals surface area contributed by atoms with Crippen LogP contribution in [-0.2, 0) is 17.8 Å². The van der Waals surface area contributed by atoms with Gasteiger partial charge in [0.15, 0.2) is 0 Å². The van der Waals surface area contributed by atoms with Gasteiger partial charge in [-0.05, 0) is 55.3 Å². The number of aliphatic hydroxyl groups is 1. The Hall–Kier alpha value is -7.13. The summed E-state index contributed by atoms with van der Waals surface area (Å²) in [6, 6.07) is 26.7. The molecule has 1 fully saturated rings. The maximum Gasteiger partial charge on any atom is 0.322 e. The first-order valence-corrected chi connectivity index (χ1v) is 19.6. The average molecular weight is 813 g/mol. The van der Waals surface area contributed by atoms with Gasteiger partial charge in [-0.25, -0.2) is 14.8 Å². The van der Waals surface area contributed by atoms with Gasteiger partial charge in [-0.2, -0.15) is 0 Å². The molecule has 15 nitrogen and oxygen atoms in total. The molecule has 1 unspecified atom stereocenters. The normalized spacial score (nSPS) is 13.1. The highest BCUT2D eigenvalue weighted by Crippen LogP contribution is 2.35. The fraction of sp³-hybridized carbons (Fsp3) is 0.267. The van der Waals surface area contributed by atoms with Gasteiger partial charge >= 0.3 is 6.03 Å². The number of hydrogen-bond acceptors (Lipinski definition) is 11. The van der Waals surface area contributed by atoms with Crippen molar-refractivity contribution >= 4 is 68.1 Å². The molecular weight excluding hydrogens is 765 g/mol. The number of fused-ring (bicyclic) bond motifs is 2. The van der Waals surface area contributed by atoms with Crippen molar-refractivity contribution in [3.05, 3.63) is 108 Å².